The van der Waals surface area contributed by atoms with E-state index in [0.717, 1.165) is 18.5 Å². The number of ether oxygens (including phenoxy) is 3. The zero-order valence-corrected chi connectivity index (χ0v) is 18.6. The number of aromatic amines is 1. The van der Waals surface area contributed by atoms with Crippen LogP contribution in [0, 0.1) is 0 Å². The number of nitrogens with zero attached hydrogens (tertiary/aromatic N) is 2. The van der Waals surface area contributed by atoms with E-state index in [0.29, 0.717) is 18.5 Å². The van der Waals surface area contributed by atoms with Crippen molar-refractivity contribution in [3.05, 3.63) is 29.5 Å². The second kappa shape index (κ2) is 10.7. The van der Waals surface area contributed by atoms with Crippen molar-refractivity contribution in [3.63, 3.8) is 0 Å². The molecule has 1 aliphatic rings. The van der Waals surface area contributed by atoms with E-state index in [2.05, 4.69) is 20.9 Å². The number of hydrogen-bond donors (Lipinski definition) is 4. The summed E-state index contributed by atoms with van der Waals surface area (Å²) < 4.78 is 15.8. The van der Waals surface area contributed by atoms with Crippen LogP contribution in [0.5, 0.6) is 17.2 Å². The smallest absolute Gasteiger partial charge is 0.422 e. The van der Waals surface area contributed by atoms with E-state index < -0.39 is 18.6 Å². The van der Waals surface area contributed by atoms with E-state index in [1.165, 1.54) is 24.3 Å². The number of carbonyl (C=O) groups is 3. The van der Waals surface area contributed by atoms with Crippen molar-refractivity contribution in [3.8, 4) is 17.2 Å². The summed E-state index contributed by atoms with van der Waals surface area (Å²) in [7, 11) is 4.80. The van der Waals surface area contributed by atoms with Crippen LogP contribution in [0.1, 0.15) is 41.2 Å². The summed E-state index contributed by atoms with van der Waals surface area (Å²) in [6.45, 7) is -0.407. The molecule has 4 N–H and O–H groups in total. The molecule has 1 fully saturated rings. The fourth-order valence-corrected chi connectivity index (χ4v) is 3.57. The minimum absolute atomic E-state index is 0.0232. The van der Waals surface area contributed by atoms with Crippen LogP contribution in [0.4, 0.5) is 10.6 Å². The Hall–Kier alpha value is -3.80. The van der Waals surface area contributed by atoms with Gasteiger partial charge in [-0.1, -0.05) is 0 Å². The number of hydrazine groups is 1. The molecule has 3 rings (SSSR count). The normalized spacial score (nSPS) is 17.5. The molecule has 1 aromatic carbocycles. The molecule has 1 saturated carbocycles. The number of H-pyrrole nitrogens is 1. The Morgan fingerprint density at radius 3 is 2.79 bits per heavy atom. The molecule has 0 spiro atoms. The average Bonchev–Trinajstić information content (AvgIpc) is 3.40. The molecule has 1 heterocycles. The third kappa shape index (κ3) is 6.35. The van der Waals surface area contributed by atoms with Gasteiger partial charge in [0.2, 0.25) is 0 Å². The summed E-state index contributed by atoms with van der Waals surface area (Å²) in [4.78, 5) is 35.2. The largest absolute Gasteiger partial charge is 0.507 e. The molecule has 33 heavy (non-hydrogen) atoms. The Morgan fingerprint density at radius 1 is 1.30 bits per heavy atom. The highest BCUT2D eigenvalue weighted by Crippen LogP contribution is 2.36. The standard InChI is InChI=1S/C21H27N5O7/c1-26(2)25-21(30)33-13-5-4-12(6-13)16-9-19(24-23-16)22-20(29)11-32-18-8-14(31-3)7-17(28)15(18)10-27/h7-10,12-13,28H,4-6,11H2,1-3H3,(H,25,30)(H2,22,23,24,29)/t12-,13+/m0/s1. The van der Waals surface area contributed by atoms with E-state index in [1.54, 1.807) is 20.2 Å². The van der Waals surface area contributed by atoms with Crippen molar-refractivity contribution in [2.75, 3.05) is 33.1 Å². The number of phenols is 1. The van der Waals surface area contributed by atoms with Crippen LogP contribution in [-0.2, 0) is 9.53 Å². The number of nitrogens with one attached hydrogen (secondary N) is 3. The predicted octanol–water partition coefficient (Wildman–Crippen LogP) is 1.79. The molecule has 1 aromatic heterocycles. The molecule has 0 saturated heterocycles. The zero-order valence-electron chi connectivity index (χ0n) is 18.6. The molecule has 2 amide bonds. The number of rotatable bonds is 9. The van der Waals surface area contributed by atoms with Gasteiger partial charge in [0.05, 0.1) is 12.7 Å². The van der Waals surface area contributed by atoms with Gasteiger partial charge in [0, 0.05) is 43.9 Å². The summed E-state index contributed by atoms with van der Waals surface area (Å²) in [6.07, 6.45) is 1.93. The summed E-state index contributed by atoms with van der Waals surface area (Å²) in [5, 5.41) is 21.0. The Bertz CT molecular complexity index is 1010. The Balaban J connectivity index is 1.52. The minimum Gasteiger partial charge on any atom is -0.507 e. The van der Waals surface area contributed by atoms with E-state index in [-0.39, 0.29) is 34.8 Å². The van der Waals surface area contributed by atoms with Crippen LogP contribution in [-0.4, -0.2) is 72.5 Å². The third-order valence-corrected chi connectivity index (χ3v) is 5.08. The van der Waals surface area contributed by atoms with Crippen molar-refractivity contribution < 1.29 is 33.7 Å². The fraction of sp³-hybridized carbons (Fsp3) is 0.429. The lowest BCUT2D eigenvalue weighted by atomic mass is 10.0. The quantitative estimate of drug-likeness (QED) is 0.323. The van der Waals surface area contributed by atoms with Crippen LogP contribution in [0.25, 0.3) is 0 Å². The first-order chi connectivity index (χ1) is 15.8. The maximum Gasteiger partial charge on any atom is 0.422 e. The maximum atomic E-state index is 12.3. The van der Waals surface area contributed by atoms with Gasteiger partial charge in [0.1, 0.15) is 23.4 Å². The molecule has 12 heteroatoms. The topological polar surface area (TPSA) is 155 Å². The van der Waals surface area contributed by atoms with Gasteiger partial charge in [-0.3, -0.25) is 20.1 Å². The van der Waals surface area contributed by atoms with Crippen molar-refractivity contribution in [2.24, 2.45) is 0 Å². The van der Waals surface area contributed by atoms with Crippen LogP contribution >= 0.6 is 0 Å². The van der Waals surface area contributed by atoms with Gasteiger partial charge >= 0.3 is 6.09 Å². The molecule has 1 aliphatic carbocycles. The molecule has 12 nitrogen and oxygen atoms in total. The van der Waals surface area contributed by atoms with Gasteiger partial charge in [-0.2, -0.15) is 5.10 Å². The highest BCUT2D eigenvalue weighted by molar-refractivity contribution is 5.91. The highest BCUT2D eigenvalue weighted by atomic mass is 16.6. The molecule has 0 bridgehead atoms. The number of hydrogen-bond acceptors (Lipinski definition) is 9. The number of phenolic OH excluding ortho intramolecular Hbond substituents is 1. The van der Waals surface area contributed by atoms with Crippen LogP contribution in [0.3, 0.4) is 0 Å². The first kappa shape index (κ1) is 23.9. The molecule has 0 aliphatic heterocycles. The number of methoxy groups -OCH3 is 1. The van der Waals surface area contributed by atoms with E-state index >= 15 is 0 Å². The molecule has 178 valence electrons. The predicted molar refractivity (Wildman–Crippen MR) is 116 cm³/mol. The second-order valence-corrected chi connectivity index (χ2v) is 7.77. The monoisotopic (exact) mass is 461 g/mol. The number of anilines is 1. The summed E-state index contributed by atoms with van der Waals surface area (Å²) in [5.41, 5.74) is 3.29. The van der Waals surface area contributed by atoms with Crippen molar-refractivity contribution >= 4 is 24.1 Å². The average molecular weight is 461 g/mol. The van der Waals surface area contributed by atoms with Crippen molar-refractivity contribution in [2.45, 2.75) is 31.3 Å². The van der Waals surface area contributed by atoms with E-state index in [1.807, 2.05) is 0 Å². The molecule has 0 radical (unpaired) electrons. The van der Waals surface area contributed by atoms with Gasteiger partial charge in [-0.25, -0.2) is 9.80 Å². The van der Waals surface area contributed by atoms with Gasteiger partial charge < -0.3 is 24.6 Å². The first-order valence-electron chi connectivity index (χ1n) is 10.3. The first-order valence-corrected chi connectivity index (χ1v) is 10.3. The fourth-order valence-electron chi connectivity index (χ4n) is 3.57. The maximum absolute atomic E-state index is 12.3. The number of aldehydes is 1. The van der Waals surface area contributed by atoms with Gasteiger partial charge in [-0.05, 0) is 19.3 Å². The molecule has 0 unspecified atom stereocenters. The van der Waals surface area contributed by atoms with E-state index in [9.17, 15) is 19.5 Å². The number of aromatic nitrogens is 2. The number of amides is 2. The summed E-state index contributed by atoms with van der Waals surface area (Å²) >= 11 is 0. The van der Waals surface area contributed by atoms with Crippen LogP contribution in [0.15, 0.2) is 18.2 Å². The lowest BCUT2D eigenvalue weighted by Gasteiger charge is -2.16. The van der Waals surface area contributed by atoms with Gasteiger partial charge in [0.15, 0.2) is 18.7 Å². The van der Waals surface area contributed by atoms with Gasteiger partial charge in [0.25, 0.3) is 5.91 Å². The number of carbonyl (C=O) groups excluding carboxylic acids is 3. The third-order valence-electron chi connectivity index (χ3n) is 5.08. The molecule has 2 aromatic rings. The summed E-state index contributed by atoms with van der Waals surface area (Å²) in [5.74, 6) is -0.0719. The number of benzene rings is 1. The molecular formula is C21H27N5O7. The molecule has 2 atom stereocenters. The summed E-state index contributed by atoms with van der Waals surface area (Å²) in [6, 6.07) is 4.40. The minimum atomic E-state index is -0.500. The number of aromatic hydroxyl groups is 1. The van der Waals surface area contributed by atoms with Crippen LogP contribution < -0.4 is 20.2 Å². The Morgan fingerprint density at radius 2 is 2.09 bits per heavy atom. The SMILES string of the molecule is COc1cc(O)c(C=O)c(OCC(=O)Nc2cc([C@H]3CC[C@@H](OC(=O)NN(C)C)C3)[nH]n2)c1. The van der Waals surface area contributed by atoms with E-state index in [4.69, 9.17) is 14.2 Å². The van der Waals surface area contributed by atoms with Crippen LogP contribution in [0.2, 0.25) is 0 Å². The van der Waals surface area contributed by atoms with Crippen molar-refractivity contribution in [1.29, 1.82) is 0 Å². The zero-order chi connectivity index (χ0) is 24.0. The van der Waals surface area contributed by atoms with Gasteiger partial charge in [-0.15, -0.1) is 0 Å². The van der Waals surface area contributed by atoms with Crippen molar-refractivity contribution in [1.82, 2.24) is 20.6 Å². The lowest BCUT2D eigenvalue weighted by molar-refractivity contribution is -0.118. The Kier molecular flexibility index (Phi) is 7.72. The Labute approximate surface area is 190 Å². The lowest BCUT2D eigenvalue weighted by Crippen LogP contribution is -2.38. The second-order valence-electron chi connectivity index (χ2n) is 7.77. The molecular weight excluding hydrogens is 434 g/mol. The highest BCUT2D eigenvalue weighted by Gasteiger charge is 2.30.